The predicted molar refractivity (Wildman–Crippen MR) is 53.2 cm³/mol. The van der Waals surface area contributed by atoms with Crippen LogP contribution < -0.4 is 5.73 Å². The zero-order chi connectivity index (χ0) is 10.3. The van der Waals surface area contributed by atoms with E-state index in [0.717, 1.165) is 18.9 Å². The molecule has 1 nitrogen and oxygen atoms in total. The Morgan fingerprint density at radius 1 is 1.13 bits per heavy atom. The van der Waals surface area contributed by atoms with E-state index >= 15 is 0 Å². The molecule has 0 radical (unpaired) electrons. The van der Waals surface area contributed by atoms with Gasteiger partial charge in [0.05, 0.1) is 0 Å². The van der Waals surface area contributed by atoms with Gasteiger partial charge in [-0.2, -0.15) is 0 Å². The summed E-state index contributed by atoms with van der Waals surface area (Å²) in [5.74, 6) is -3.54. The van der Waals surface area contributed by atoms with Crippen LogP contribution in [0.2, 0.25) is 0 Å². The van der Waals surface area contributed by atoms with Gasteiger partial charge < -0.3 is 5.73 Å². The van der Waals surface area contributed by atoms with E-state index in [-0.39, 0.29) is 23.9 Å². The van der Waals surface area contributed by atoms with Crippen molar-refractivity contribution in [1.29, 1.82) is 0 Å². The number of nitrogens with two attached hydrogens (primary N) is 1. The molecule has 1 aromatic rings. The van der Waals surface area contributed by atoms with Gasteiger partial charge in [0.25, 0.3) is 0 Å². The van der Waals surface area contributed by atoms with Crippen LogP contribution in [0.4, 0.5) is 13.2 Å². The third-order valence-corrected chi connectivity index (χ3v) is 2.55. The molecular weight excluding hydrogens is 227 g/mol. The number of hydrogen-bond donors (Lipinski definition) is 1. The van der Waals surface area contributed by atoms with Crippen LogP contribution in [0.15, 0.2) is 12.1 Å². The van der Waals surface area contributed by atoms with Gasteiger partial charge in [-0.1, -0.05) is 6.07 Å². The molecule has 0 bridgehead atoms. The van der Waals surface area contributed by atoms with Crippen molar-refractivity contribution in [1.82, 2.24) is 0 Å². The maximum absolute atomic E-state index is 13.2. The van der Waals surface area contributed by atoms with Crippen molar-refractivity contribution in [2.75, 3.05) is 0 Å². The predicted octanol–water partition coefficient (Wildman–Crippen LogP) is 2.94. The van der Waals surface area contributed by atoms with Crippen LogP contribution >= 0.6 is 12.4 Å². The minimum absolute atomic E-state index is 0. The number of halogens is 4. The summed E-state index contributed by atoms with van der Waals surface area (Å²) in [7, 11) is 0. The molecule has 2 rings (SSSR count). The Labute approximate surface area is 91.9 Å². The fraction of sp³-hybridized carbons (Fsp3) is 0.400. The summed E-state index contributed by atoms with van der Waals surface area (Å²) in [6, 6.07) is 1.62. The molecule has 2 N–H and O–H groups in total. The zero-order valence-electron chi connectivity index (χ0n) is 7.84. The van der Waals surface area contributed by atoms with Gasteiger partial charge in [0.2, 0.25) is 0 Å². The van der Waals surface area contributed by atoms with Crippen LogP contribution in [0.1, 0.15) is 24.4 Å². The fourth-order valence-electron chi connectivity index (χ4n) is 1.51. The second kappa shape index (κ2) is 4.41. The average Bonchev–Trinajstić information content (AvgIpc) is 2.97. The third-order valence-electron chi connectivity index (χ3n) is 2.55. The minimum Gasteiger partial charge on any atom is -0.324 e. The van der Waals surface area contributed by atoms with Crippen LogP contribution in [0.3, 0.4) is 0 Å². The molecule has 0 aromatic heterocycles. The Hall–Kier alpha value is -0.740. The molecule has 0 spiro atoms. The number of benzene rings is 1. The Bertz CT molecular complexity index is 366. The molecule has 84 valence electrons. The molecule has 0 saturated heterocycles. The first-order valence-corrected chi connectivity index (χ1v) is 4.50. The van der Waals surface area contributed by atoms with Gasteiger partial charge in [0, 0.05) is 11.6 Å². The van der Waals surface area contributed by atoms with Crippen molar-refractivity contribution in [3.63, 3.8) is 0 Å². The smallest absolute Gasteiger partial charge is 0.194 e. The minimum atomic E-state index is -1.43. The van der Waals surface area contributed by atoms with Gasteiger partial charge in [0.1, 0.15) is 0 Å². The van der Waals surface area contributed by atoms with Gasteiger partial charge in [-0.05, 0) is 24.8 Å². The first-order chi connectivity index (χ1) is 6.61. The fourth-order valence-corrected chi connectivity index (χ4v) is 1.51. The maximum atomic E-state index is 13.2. The summed E-state index contributed by atoms with van der Waals surface area (Å²) in [6.45, 7) is 0. The summed E-state index contributed by atoms with van der Waals surface area (Å²) < 4.78 is 38.6. The molecule has 0 heterocycles. The van der Waals surface area contributed by atoms with E-state index in [1.165, 1.54) is 6.07 Å². The largest absolute Gasteiger partial charge is 0.324 e. The highest BCUT2D eigenvalue weighted by atomic mass is 35.5. The standard InChI is InChI=1S/C10H10F3N.ClH/c11-7-4-3-6(8(12)9(7)13)10(14)5-1-2-5;/h3-5,10H,1-2,14H2;1H/t10-;/m1./s1. The summed E-state index contributed by atoms with van der Waals surface area (Å²) in [4.78, 5) is 0. The number of rotatable bonds is 2. The topological polar surface area (TPSA) is 26.0 Å². The first kappa shape index (κ1) is 12.3. The molecule has 0 unspecified atom stereocenters. The molecule has 0 aliphatic heterocycles. The summed E-state index contributed by atoms with van der Waals surface area (Å²) in [6.07, 6.45) is 1.86. The SMILES string of the molecule is Cl.N[C@@H](c1ccc(F)c(F)c1F)C1CC1. The molecule has 1 aliphatic rings. The Morgan fingerprint density at radius 2 is 1.73 bits per heavy atom. The summed E-state index contributed by atoms with van der Waals surface area (Å²) in [5.41, 5.74) is 5.77. The van der Waals surface area contributed by atoms with Crippen molar-refractivity contribution in [2.24, 2.45) is 11.7 Å². The first-order valence-electron chi connectivity index (χ1n) is 4.50. The average molecular weight is 238 g/mol. The highest BCUT2D eigenvalue weighted by Crippen LogP contribution is 2.40. The lowest BCUT2D eigenvalue weighted by molar-refractivity contribution is 0.431. The molecule has 1 fully saturated rings. The zero-order valence-corrected chi connectivity index (χ0v) is 8.66. The van der Waals surface area contributed by atoms with E-state index in [0.29, 0.717) is 0 Å². The molecular formula is C10H11ClF3N. The van der Waals surface area contributed by atoms with Crippen molar-refractivity contribution < 1.29 is 13.2 Å². The van der Waals surface area contributed by atoms with Gasteiger partial charge >= 0.3 is 0 Å². The maximum Gasteiger partial charge on any atom is 0.194 e. The molecule has 0 amide bonds. The van der Waals surface area contributed by atoms with E-state index in [1.807, 2.05) is 0 Å². The van der Waals surface area contributed by atoms with E-state index in [4.69, 9.17) is 5.73 Å². The van der Waals surface area contributed by atoms with Crippen LogP contribution in [0, 0.1) is 23.4 Å². The van der Waals surface area contributed by atoms with Crippen LogP contribution in [0.5, 0.6) is 0 Å². The lowest BCUT2D eigenvalue weighted by Crippen LogP contribution is -2.15. The van der Waals surface area contributed by atoms with Crippen molar-refractivity contribution in [3.8, 4) is 0 Å². The lowest BCUT2D eigenvalue weighted by atomic mass is 10.0. The van der Waals surface area contributed by atoms with Gasteiger partial charge in [-0.3, -0.25) is 0 Å². The molecule has 1 atom stereocenters. The van der Waals surface area contributed by atoms with Crippen molar-refractivity contribution >= 4 is 12.4 Å². The Balaban J connectivity index is 0.00000112. The normalized spacial score (nSPS) is 17.1. The molecule has 1 aliphatic carbocycles. The Morgan fingerprint density at radius 3 is 2.27 bits per heavy atom. The number of hydrogen-bond acceptors (Lipinski definition) is 1. The molecule has 1 aromatic carbocycles. The van der Waals surface area contributed by atoms with Crippen molar-refractivity contribution in [2.45, 2.75) is 18.9 Å². The van der Waals surface area contributed by atoms with Gasteiger partial charge in [-0.15, -0.1) is 12.4 Å². The van der Waals surface area contributed by atoms with E-state index in [9.17, 15) is 13.2 Å². The van der Waals surface area contributed by atoms with Crippen LogP contribution in [-0.4, -0.2) is 0 Å². The monoisotopic (exact) mass is 237 g/mol. The van der Waals surface area contributed by atoms with E-state index < -0.39 is 23.5 Å². The third kappa shape index (κ3) is 2.26. The quantitative estimate of drug-likeness (QED) is 0.787. The highest BCUT2D eigenvalue weighted by Gasteiger charge is 2.32. The lowest BCUT2D eigenvalue weighted by Gasteiger charge is -2.11. The second-order valence-corrected chi connectivity index (χ2v) is 3.63. The summed E-state index contributed by atoms with van der Waals surface area (Å²) >= 11 is 0. The van der Waals surface area contributed by atoms with E-state index in [2.05, 4.69) is 0 Å². The van der Waals surface area contributed by atoms with Crippen LogP contribution in [-0.2, 0) is 0 Å². The van der Waals surface area contributed by atoms with Gasteiger partial charge in [-0.25, -0.2) is 13.2 Å². The van der Waals surface area contributed by atoms with Crippen molar-refractivity contribution in [3.05, 3.63) is 35.1 Å². The van der Waals surface area contributed by atoms with Gasteiger partial charge in [0.15, 0.2) is 17.5 Å². The van der Waals surface area contributed by atoms with E-state index in [1.54, 1.807) is 0 Å². The van der Waals surface area contributed by atoms with Crippen LogP contribution in [0.25, 0.3) is 0 Å². The molecule has 1 saturated carbocycles. The molecule has 5 heteroatoms. The highest BCUT2D eigenvalue weighted by molar-refractivity contribution is 5.85. The molecule has 15 heavy (non-hydrogen) atoms. The second-order valence-electron chi connectivity index (χ2n) is 3.63. The Kier molecular flexibility index (Phi) is 3.62. The summed E-state index contributed by atoms with van der Waals surface area (Å²) in [5, 5.41) is 0.